The van der Waals surface area contributed by atoms with Gasteiger partial charge < -0.3 is 4.74 Å². The van der Waals surface area contributed by atoms with Gasteiger partial charge in [0, 0.05) is 5.56 Å². The Bertz CT molecular complexity index is 1200. The van der Waals surface area contributed by atoms with Gasteiger partial charge in [-0.15, -0.1) is 0 Å². The highest BCUT2D eigenvalue weighted by molar-refractivity contribution is 5.80. The van der Waals surface area contributed by atoms with Gasteiger partial charge in [0.05, 0.1) is 5.56 Å². The first kappa shape index (κ1) is 29.2. The molecule has 4 heteroatoms. The van der Waals surface area contributed by atoms with Crippen LogP contribution in [0.4, 0.5) is 13.2 Å². The van der Waals surface area contributed by atoms with Crippen molar-refractivity contribution in [3.63, 3.8) is 0 Å². The van der Waals surface area contributed by atoms with Crippen molar-refractivity contribution in [1.82, 2.24) is 0 Å². The maximum absolute atomic E-state index is 15.2. The van der Waals surface area contributed by atoms with Crippen molar-refractivity contribution in [2.24, 2.45) is 0 Å². The Morgan fingerprint density at radius 1 is 0.615 bits per heavy atom. The number of ether oxygens (including phenoxy) is 1. The highest BCUT2D eigenvalue weighted by atomic mass is 19.3. The van der Waals surface area contributed by atoms with Gasteiger partial charge in [-0.05, 0) is 59.6 Å². The maximum Gasteiger partial charge on any atom is 0.427 e. The van der Waals surface area contributed by atoms with E-state index in [1.54, 1.807) is 18.2 Å². The molecule has 1 aliphatic heterocycles. The normalized spacial score (nSPS) is 13.6. The molecule has 1 nitrogen and oxygen atoms in total. The lowest BCUT2D eigenvalue weighted by Crippen LogP contribution is -2.27. The number of hydrogen-bond donors (Lipinski definition) is 0. The molecule has 1 heterocycles. The van der Waals surface area contributed by atoms with Crippen LogP contribution in [0.5, 0.6) is 5.75 Å². The number of hydrogen-bond acceptors (Lipinski definition) is 1. The average Bonchev–Trinajstić information content (AvgIpc) is 2.94. The summed E-state index contributed by atoms with van der Waals surface area (Å²) in [5, 5.41) is 0. The van der Waals surface area contributed by atoms with Crippen LogP contribution >= 0.6 is 0 Å². The van der Waals surface area contributed by atoms with Crippen LogP contribution in [0.2, 0.25) is 0 Å². The van der Waals surface area contributed by atoms with Gasteiger partial charge in [0.1, 0.15) is 0 Å². The van der Waals surface area contributed by atoms with Crippen LogP contribution in [-0.2, 0) is 19.0 Å². The Hall–Kier alpha value is -2.75. The van der Waals surface area contributed by atoms with Crippen LogP contribution in [0.25, 0.3) is 22.3 Å². The molecule has 0 spiro atoms. The van der Waals surface area contributed by atoms with Crippen LogP contribution in [-0.4, -0.2) is 0 Å². The Morgan fingerprint density at radius 2 is 1.18 bits per heavy atom. The second kappa shape index (κ2) is 14.1. The summed E-state index contributed by atoms with van der Waals surface area (Å²) < 4.78 is 50.7. The third kappa shape index (κ3) is 7.47. The van der Waals surface area contributed by atoms with E-state index in [0.29, 0.717) is 28.7 Å². The Kier molecular flexibility index (Phi) is 10.5. The van der Waals surface area contributed by atoms with E-state index in [0.717, 1.165) is 37.7 Å². The van der Waals surface area contributed by atoms with Gasteiger partial charge in [0.2, 0.25) is 0 Å². The molecule has 0 atom stereocenters. The lowest BCUT2D eigenvalue weighted by molar-refractivity contribution is -0.188. The molecule has 3 aromatic rings. The van der Waals surface area contributed by atoms with E-state index in [2.05, 4.69) is 26.0 Å². The summed E-state index contributed by atoms with van der Waals surface area (Å²) in [5.74, 6) is -0.996. The van der Waals surface area contributed by atoms with Gasteiger partial charge in [0.25, 0.3) is 0 Å². The van der Waals surface area contributed by atoms with Gasteiger partial charge in [-0.3, -0.25) is 0 Å². The highest BCUT2D eigenvalue weighted by Crippen LogP contribution is 2.49. The highest BCUT2D eigenvalue weighted by Gasteiger charge is 2.43. The molecule has 39 heavy (non-hydrogen) atoms. The van der Waals surface area contributed by atoms with E-state index in [1.165, 1.54) is 63.0 Å². The molecule has 0 amide bonds. The Labute approximate surface area is 232 Å². The molecule has 1 aliphatic rings. The van der Waals surface area contributed by atoms with Crippen molar-refractivity contribution in [3.05, 3.63) is 77.1 Å². The number of benzene rings is 3. The van der Waals surface area contributed by atoms with E-state index in [9.17, 15) is 0 Å². The van der Waals surface area contributed by atoms with Crippen molar-refractivity contribution in [2.45, 2.75) is 110 Å². The van der Waals surface area contributed by atoms with E-state index < -0.39 is 11.9 Å². The molecule has 0 radical (unpaired) electrons. The summed E-state index contributed by atoms with van der Waals surface area (Å²) in [7, 11) is 0. The predicted molar refractivity (Wildman–Crippen MR) is 156 cm³/mol. The standard InChI is InChI=1S/C35H43F3O/c1-3-5-7-9-10-11-12-13-15-26-17-19-27(20-18-26)29-22-23-30-31-24-21-28(16-14-8-6-4-2)33(36)34(31)39-35(37,38)32(30)25-29/h17-25H,3-16H2,1-2H3. The lowest BCUT2D eigenvalue weighted by Gasteiger charge is -2.29. The summed E-state index contributed by atoms with van der Waals surface area (Å²) in [4.78, 5) is 0. The predicted octanol–water partition coefficient (Wildman–Crippen LogP) is 11.4. The first-order valence-corrected chi connectivity index (χ1v) is 15.1. The summed E-state index contributed by atoms with van der Waals surface area (Å²) in [6, 6.07) is 16.6. The molecule has 210 valence electrons. The van der Waals surface area contributed by atoms with Gasteiger partial charge in [-0.1, -0.05) is 127 Å². The second-order valence-corrected chi connectivity index (χ2v) is 11.0. The van der Waals surface area contributed by atoms with Gasteiger partial charge in [-0.2, -0.15) is 8.78 Å². The largest absolute Gasteiger partial charge is 0.427 e. The summed E-state index contributed by atoms with van der Waals surface area (Å²) in [6.07, 6.45) is 12.3. The molecule has 0 aromatic heterocycles. The Balaban J connectivity index is 1.43. The summed E-state index contributed by atoms with van der Waals surface area (Å²) in [6.45, 7) is 4.36. The van der Waals surface area contributed by atoms with Crippen molar-refractivity contribution < 1.29 is 17.9 Å². The monoisotopic (exact) mass is 536 g/mol. The van der Waals surface area contributed by atoms with Crippen molar-refractivity contribution in [2.75, 3.05) is 0 Å². The summed E-state index contributed by atoms with van der Waals surface area (Å²) >= 11 is 0. The van der Waals surface area contributed by atoms with Crippen molar-refractivity contribution in [3.8, 4) is 28.0 Å². The fraction of sp³-hybridized carbons (Fsp3) is 0.486. The molecule has 0 N–H and O–H groups in total. The zero-order chi connectivity index (χ0) is 27.7. The van der Waals surface area contributed by atoms with E-state index in [1.807, 2.05) is 18.2 Å². The number of rotatable bonds is 15. The SMILES string of the molecule is CCCCCCCCCCc1ccc(-c2ccc3c(c2)C(F)(F)Oc2c-3ccc(CCCCCC)c2F)cc1. The maximum atomic E-state index is 15.2. The lowest BCUT2D eigenvalue weighted by atomic mass is 9.90. The first-order valence-electron chi connectivity index (χ1n) is 15.1. The summed E-state index contributed by atoms with van der Waals surface area (Å²) in [5.41, 5.74) is 3.79. The second-order valence-electron chi connectivity index (χ2n) is 11.0. The third-order valence-electron chi connectivity index (χ3n) is 7.94. The van der Waals surface area contributed by atoms with E-state index in [-0.39, 0.29) is 11.3 Å². The minimum atomic E-state index is -3.60. The number of fused-ring (bicyclic) bond motifs is 3. The van der Waals surface area contributed by atoms with Gasteiger partial charge in [0.15, 0.2) is 11.6 Å². The first-order chi connectivity index (χ1) is 18.9. The molecular formula is C35H43F3O. The number of halogens is 3. The van der Waals surface area contributed by atoms with Crippen molar-refractivity contribution >= 4 is 0 Å². The topological polar surface area (TPSA) is 9.23 Å². The average molecular weight is 537 g/mol. The fourth-order valence-electron chi connectivity index (χ4n) is 5.55. The Morgan fingerprint density at radius 3 is 1.87 bits per heavy atom. The zero-order valence-electron chi connectivity index (χ0n) is 23.6. The molecule has 0 fully saturated rings. The molecule has 0 saturated heterocycles. The van der Waals surface area contributed by atoms with Crippen LogP contribution < -0.4 is 4.74 Å². The molecule has 0 saturated carbocycles. The van der Waals surface area contributed by atoms with Crippen LogP contribution in [0.1, 0.15) is 108 Å². The van der Waals surface area contributed by atoms with Gasteiger partial charge >= 0.3 is 6.11 Å². The molecular weight excluding hydrogens is 493 g/mol. The molecule has 0 bridgehead atoms. The smallest absolute Gasteiger partial charge is 0.425 e. The number of alkyl halides is 2. The molecule has 0 aliphatic carbocycles. The molecule has 0 unspecified atom stereocenters. The quantitative estimate of drug-likeness (QED) is 0.176. The zero-order valence-corrected chi connectivity index (χ0v) is 23.6. The minimum absolute atomic E-state index is 0.217. The number of unbranched alkanes of at least 4 members (excludes halogenated alkanes) is 10. The number of aryl methyl sites for hydroxylation is 2. The van der Waals surface area contributed by atoms with Gasteiger partial charge in [-0.25, -0.2) is 4.39 Å². The molecule has 3 aromatic carbocycles. The van der Waals surface area contributed by atoms with E-state index in [4.69, 9.17) is 4.74 Å². The van der Waals surface area contributed by atoms with Crippen molar-refractivity contribution in [1.29, 1.82) is 0 Å². The van der Waals surface area contributed by atoms with Crippen LogP contribution in [0.3, 0.4) is 0 Å². The fourth-order valence-corrected chi connectivity index (χ4v) is 5.55. The minimum Gasteiger partial charge on any atom is -0.425 e. The van der Waals surface area contributed by atoms with Crippen LogP contribution in [0, 0.1) is 5.82 Å². The third-order valence-corrected chi connectivity index (χ3v) is 7.94. The molecule has 4 rings (SSSR count). The van der Waals surface area contributed by atoms with E-state index >= 15 is 13.2 Å². The van der Waals surface area contributed by atoms with Crippen LogP contribution in [0.15, 0.2) is 54.6 Å².